The zero-order chi connectivity index (χ0) is 8.84. The number of carbonyl (C=O) groups is 1. The van der Waals surface area contributed by atoms with Gasteiger partial charge in [0, 0.05) is 5.92 Å². The Balaban J connectivity index is 1.93. The van der Waals surface area contributed by atoms with Crippen LogP contribution in [0, 0.1) is 23.7 Å². The van der Waals surface area contributed by atoms with Crippen LogP contribution in [-0.4, -0.2) is 19.4 Å². The van der Waals surface area contributed by atoms with Crippen molar-refractivity contribution in [1.29, 1.82) is 0 Å². The van der Waals surface area contributed by atoms with E-state index in [2.05, 4.69) is 12.2 Å². The van der Waals surface area contributed by atoms with E-state index >= 15 is 0 Å². The molecule has 1 saturated carbocycles. The molecule has 3 nitrogen and oxygen atoms in total. The fourth-order valence-corrected chi connectivity index (χ4v) is 2.88. The number of ether oxygens (including phenoxy) is 2. The lowest BCUT2D eigenvalue weighted by Crippen LogP contribution is -2.28. The minimum atomic E-state index is -0.0562. The van der Waals surface area contributed by atoms with Gasteiger partial charge in [0.2, 0.25) is 0 Å². The van der Waals surface area contributed by atoms with Gasteiger partial charge in [-0.1, -0.05) is 12.2 Å². The van der Waals surface area contributed by atoms with Crippen LogP contribution >= 0.6 is 0 Å². The summed E-state index contributed by atoms with van der Waals surface area (Å²) in [5.74, 6) is 1.38. The smallest absolute Gasteiger partial charge is 0.312 e. The Morgan fingerprint density at radius 3 is 3.08 bits per heavy atom. The van der Waals surface area contributed by atoms with E-state index in [1.807, 2.05) is 0 Å². The second-order valence-electron chi connectivity index (χ2n) is 4.09. The van der Waals surface area contributed by atoms with Gasteiger partial charge in [-0.05, 0) is 18.3 Å². The third kappa shape index (κ3) is 0.967. The summed E-state index contributed by atoms with van der Waals surface area (Å²) < 4.78 is 10.2. The molecule has 4 atom stereocenters. The van der Waals surface area contributed by atoms with Crippen LogP contribution in [-0.2, 0) is 14.3 Å². The van der Waals surface area contributed by atoms with Crippen molar-refractivity contribution in [3.05, 3.63) is 12.2 Å². The van der Waals surface area contributed by atoms with Gasteiger partial charge in [0.25, 0.3) is 0 Å². The number of esters is 1. The lowest BCUT2D eigenvalue weighted by atomic mass is 9.84. The van der Waals surface area contributed by atoms with Gasteiger partial charge < -0.3 is 9.47 Å². The van der Waals surface area contributed by atoms with Crippen LogP contribution in [0.5, 0.6) is 0 Å². The first-order chi connectivity index (χ1) is 6.36. The van der Waals surface area contributed by atoms with Crippen molar-refractivity contribution in [2.24, 2.45) is 23.7 Å². The first kappa shape index (κ1) is 7.56. The normalized spacial score (nSPS) is 47.2. The van der Waals surface area contributed by atoms with E-state index in [-0.39, 0.29) is 18.7 Å². The van der Waals surface area contributed by atoms with Crippen molar-refractivity contribution >= 4 is 5.97 Å². The third-order valence-electron chi connectivity index (χ3n) is 3.49. The minimum Gasteiger partial charge on any atom is -0.438 e. The largest absolute Gasteiger partial charge is 0.438 e. The van der Waals surface area contributed by atoms with E-state index in [1.165, 1.54) is 0 Å². The van der Waals surface area contributed by atoms with Crippen LogP contribution in [0.3, 0.4) is 0 Å². The molecule has 13 heavy (non-hydrogen) atoms. The van der Waals surface area contributed by atoms with Crippen molar-refractivity contribution in [2.75, 3.05) is 13.4 Å². The standard InChI is InChI=1S/C10H12O3/c11-10-9-7-2-1-6(3-7)8(9)4-12-5-13-10/h1-2,6-9H,3-5H2. The van der Waals surface area contributed by atoms with Crippen molar-refractivity contribution < 1.29 is 14.3 Å². The molecule has 3 heteroatoms. The molecule has 0 radical (unpaired) electrons. The van der Waals surface area contributed by atoms with Gasteiger partial charge in [-0.2, -0.15) is 0 Å². The maximum absolute atomic E-state index is 11.5. The molecule has 0 aromatic rings. The number of hydrogen-bond donors (Lipinski definition) is 0. The molecule has 3 aliphatic rings. The highest BCUT2D eigenvalue weighted by Crippen LogP contribution is 2.49. The molecule has 0 aromatic carbocycles. The molecule has 4 unspecified atom stereocenters. The maximum Gasteiger partial charge on any atom is 0.312 e. The second kappa shape index (κ2) is 2.58. The Labute approximate surface area is 76.7 Å². The first-order valence-corrected chi connectivity index (χ1v) is 4.79. The van der Waals surface area contributed by atoms with Gasteiger partial charge in [-0.3, -0.25) is 4.79 Å². The predicted octanol–water partition coefficient (Wildman–Crippen LogP) is 0.956. The lowest BCUT2D eigenvalue weighted by Gasteiger charge is -2.21. The fraction of sp³-hybridized carbons (Fsp3) is 0.700. The molecule has 0 amide bonds. The summed E-state index contributed by atoms with van der Waals surface area (Å²) in [5.41, 5.74) is 0. The molecule has 1 aliphatic heterocycles. The molecule has 0 N–H and O–H groups in total. The second-order valence-corrected chi connectivity index (χ2v) is 4.09. The summed E-state index contributed by atoms with van der Waals surface area (Å²) in [4.78, 5) is 11.5. The van der Waals surface area contributed by atoms with E-state index in [0.29, 0.717) is 24.4 Å². The Kier molecular flexibility index (Phi) is 1.50. The zero-order valence-electron chi connectivity index (χ0n) is 7.31. The van der Waals surface area contributed by atoms with Gasteiger partial charge in [0.1, 0.15) is 0 Å². The van der Waals surface area contributed by atoms with Gasteiger partial charge in [-0.25, -0.2) is 0 Å². The highest BCUT2D eigenvalue weighted by atomic mass is 16.7. The molecule has 3 rings (SSSR count). The van der Waals surface area contributed by atoms with Crippen LogP contribution in [0.4, 0.5) is 0 Å². The number of fused-ring (bicyclic) bond motifs is 5. The van der Waals surface area contributed by atoms with Crippen LogP contribution < -0.4 is 0 Å². The molecule has 2 aliphatic carbocycles. The molecule has 1 heterocycles. The zero-order valence-corrected chi connectivity index (χ0v) is 7.31. The monoisotopic (exact) mass is 180 g/mol. The summed E-state index contributed by atoms with van der Waals surface area (Å²) in [6.07, 6.45) is 5.51. The van der Waals surface area contributed by atoms with E-state index < -0.39 is 0 Å². The molecule has 0 aromatic heterocycles. The van der Waals surface area contributed by atoms with Crippen molar-refractivity contribution in [1.82, 2.24) is 0 Å². The van der Waals surface area contributed by atoms with Gasteiger partial charge in [-0.15, -0.1) is 0 Å². The van der Waals surface area contributed by atoms with Crippen molar-refractivity contribution in [3.8, 4) is 0 Å². The number of carbonyl (C=O) groups excluding carboxylic acids is 1. The van der Waals surface area contributed by atoms with E-state index in [0.717, 1.165) is 6.42 Å². The summed E-state index contributed by atoms with van der Waals surface area (Å²) >= 11 is 0. The molecule has 1 saturated heterocycles. The highest BCUT2D eigenvalue weighted by Gasteiger charge is 2.49. The molecular weight excluding hydrogens is 168 g/mol. The number of rotatable bonds is 0. The van der Waals surface area contributed by atoms with Gasteiger partial charge >= 0.3 is 5.97 Å². The Morgan fingerprint density at radius 2 is 2.15 bits per heavy atom. The van der Waals surface area contributed by atoms with Crippen LogP contribution in [0.1, 0.15) is 6.42 Å². The Morgan fingerprint density at radius 1 is 1.31 bits per heavy atom. The van der Waals surface area contributed by atoms with Gasteiger partial charge in [0.15, 0.2) is 6.79 Å². The average Bonchev–Trinajstić information content (AvgIpc) is 2.66. The summed E-state index contributed by atoms with van der Waals surface area (Å²) in [7, 11) is 0. The number of allylic oxidation sites excluding steroid dienone is 2. The summed E-state index contributed by atoms with van der Waals surface area (Å²) in [6.45, 7) is 0.827. The summed E-state index contributed by atoms with van der Waals surface area (Å²) in [6, 6.07) is 0. The highest BCUT2D eigenvalue weighted by molar-refractivity contribution is 5.74. The summed E-state index contributed by atoms with van der Waals surface area (Å²) in [5, 5.41) is 0. The SMILES string of the molecule is O=C1OCOCC2C3C=CC(C3)C12. The molecule has 2 fully saturated rings. The molecule has 2 bridgehead atoms. The molecule has 70 valence electrons. The van der Waals surface area contributed by atoms with Crippen molar-refractivity contribution in [3.63, 3.8) is 0 Å². The fourth-order valence-electron chi connectivity index (χ4n) is 2.88. The topological polar surface area (TPSA) is 35.5 Å². The van der Waals surface area contributed by atoms with Crippen LogP contribution in [0.25, 0.3) is 0 Å². The minimum absolute atomic E-state index is 0.0562. The molecule has 0 spiro atoms. The van der Waals surface area contributed by atoms with E-state index in [9.17, 15) is 4.79 Å². The Bertz CT molecular complexity index is 271. The maximum atomic E-state index is 11.5. The lowest BCUT2D eigenvalue weighted by molar-refractivity contribution is -0.156. The van der Waals surface area contributed by atoms with Crippen LogP contribution in [0.2, 0.25) is 0 Å². The average molecular weight is 180 g/mol. The van der Waals surface area contributed by atoms with Gasteiger partial charge in [0.05, 0.1) is 12.5 Å². The van der Waals surface area contributed by atoms with E-state index in [1.54, 1.807) is 0 Å². The number of cyclic esters (lactones) is 1. The first-order valence-electron chi connectivity index (χ1n) is 4.79. The number of hydrogen-bond acceptors (Lipinski definition) is 3. The van der Waals surface area contributed by atoms with Crippen molar-refractivity contribution in [2.45, 2.75) is 6.42 Å². The van der Waals surface area contributed by atoms with E-state index in [4.69, 9.17) is 9.47 Å². The van der Waals surface area contributed by atoms with Crippen LogP contribution in [0.15, 0.2) is 12.2 Å². The quantitative estimate of drug-likeness (QED) is 0.411. The Hall–Kier alpha value is -0.830. The molecular formula is C10H12O3. The predicted molar refractivity (Wildman–Crippen MR) is 44.6 cm³/mol. The third-order valence-corrected chi connectivity index (χ3v) is 3.49.